The molecule has 0 unspecified atom stereocenters. The number of hydrogen-bond donors (Lipinski definition) is 1. The van der Waals surface area contributed by atoms with E-state index in [1.54, 1.807) is 28.8 Å². The largest absolute Gasteiger partial charge is 0.448 e. The summed E-state index contributed by atoms with van der Waals surface area (Å²) in [7, 11) is 0. The highest BCUT2D eigenvalue weighted by Crippen LogP contribution is 2.27. The molecule has 2 aromatic heterocycles. The number of nitrogens with zero attached hydrogens (tertiary/aromatic N) is 2. The van der Waals surface area contributed by atoms with Gasteiger partial charge in [-0.1, -0.05) is 48.8 Å². The van der Waals surface area contributed by atoms with Gasteiger partial charge in [0.2, 0.25) is 11.5 Å². The maximum atomic E-state index is 13.1. The molecule has 1 N–H and O–H groups in total. The smallest absolute Gasteiger partial charge is 0.297 e. The molecule has 4 aromatic rings. The van der Waals surface area contributed by atoms with Crippen molar-refractivity contribution in [2.24, 2.45) is 0 Å². The minimum atomic E-state index is -0.217. The van der Waals surface area contributed by atoms with E-state index in [4.69, 9.17) is 21.0 Å². The average Bonchev–Trinajstić information content (AvgIpc) is 3.12. The topological polar surface area (TPSA) is 77.1 Å². The second-order valence-corrected chi connectivity index (χ2v) is 8.20. The highest BCUT2D eigenvalue weighted by molar-refractivity contribution is 7.99. The van der Waals surface area contributed by atoms with Crippen molar-refractivity contribution in [3.63, 3.8) is 0 Å². The summed E-state index contributed by atoms with van der Waals surface area (Å²) in [6, 6.07) is 14.3. The Morgan fingerprint density at radius 3 is 2.73 bits per heavy atom. The monoisotopic (exact) mass is 441 g/mol. The highest BCUT2D eigenvalue weighted by Gasteiger charge is 2.18. The van der Waals surface area contributed by atoms with Crippen LogP contribution >= 0.6 is 23.4 Å². The summed E-state index contributed by atoms with van der Waals surface area (Å²) in [5.41, 5.74) is 1.86. The molecule has 0 fully saturated rings. The Morgan fingerprint density at radius 1 is 1.20 bits per heavy atom. The molecule has 6 nitrogen and oxygen atoms in total. The van der Waals surface area contributed by atoms with Crippen LogP contribution in [0.5, 0.6) is 0 Å². The van der Waals surface area contributed by atoms with Gasteiger partial charge in [0.15, 0.2) is 5.16 Å². The van der Waals surface area contributed by atoms with Crippen LogP contribution in [-0.4, -0.2) is 21.2 Å². The summed E-state index contributed by atoms with van der Waals surface area (Å²) in [6.45, 7) is 2.58. The van der Waals surface area contributed by atoms with E-state index in [-0.39, 0.29) is 22.8 Å². The van der Waals surface area contributed by atoms with Crippen LogP contribution in [0.25, 0.3) is 22.1 Å². The lowest BCUT2D eigenvalue weighted by atomic mass is 10.2. The van der Waals surface area contributed by atoms with Gasteiger partial charge in [-0.2, -0.15) is 0 Å². The van der Waals surface area contributed by atoms with E-state index in [2.05, 4.69) is 12.2 Å². The number of thioether (sulfide) groups is 1. The zero-order chi connectivity index (χ0) is 21.1. The quantitative estimate of drug-likeness (QED) is 0.310. The first kappa shape index (κ1) is 20.5. The molecule has 0 saturated heterocycles. The third-order valence-corrected chi connectivity index (χ3v) is 5.87. The van der Waals surface area contributed by atoms with Crippen molar-refractivity contribution < 1.29 is 9.21 Å². The van der Waals surface area contributed by atoms with E-state index in [0.29, 0.717) is 33.5 Å². The van der Waals surface area contributed by atoms with Crippen LogP contribution in [0.1, 0.15) is 19.8 Å². The lowest BCUT2D eigenvalue weighted by Gasteiger charge is -2.11. The Hall–Kier alpha value is -2.77. The van der Waals surface area contributed by atoms with Gasteiger partial charge >= 0.3 is 0 Å². The Labute approximate surface area is 182 Å². The lowest BCUT2D eigenvalue weighted by Crippen LogP contribution is -2.24. The number of nitrogens with one attached hydrogen (secondary N) is 1. The SMILES string of the molecule is CCCCn1c(SCC(=O)Nc2ccc(Cl)cc2)nc2c(oc3ccccc32)c1=O. The number of carbonyl (C=O) groups is 1. The second kappa shape index (κ2) is 8.93. The summed E-state index contributed by atoms with van der Waals surface area (Å²) in [6.07, 6.45) is 1.77. The van der Waals surface area contributed by atoms with Gasteiger partial charge in [0.1, 0.15) is 11.1 Å². The van der Waals surface area contributed by atoms with E-state index in [1.807, 2.05) is 24.3 Å². The fourth-order valence-electron chi connectivity index (χ4n) is 3.14. The maximum Gasteiger partial charge on any atom is 0.297 e. The predicted octanol–water partition coefficient (Wildman–Crippen LogP) is 5.33. The number of amides is 1. The first-order valence-electron chi connectivity index (χ1n) is 9.67. The summed E-state index contributed by atoms with van der Waals surface area (Å²) >= 11 is 7.12. The molecule has 1 amide bonds. The van der Waals surface area contributed by atoms with Gasteiger partial charge in [-0.05, 0) is 42.8 Å². The average molecular weight is 442 g/mol. The molecule has 8 heteroatoms. The van der Waals surface area contributed by atoms with E-state index in [1.165, 1.54) is 11.8 Å². The van der Waals surface area contributed by atoms with Gasteiger partial charge in [-0.25, -0.2) is 4.98 Å². The van der Waals surface area contributed by atoms with Gasteiger partial charge in [-0.3, -0.25) is 14.2 Å². The van der Waals surface area contributed by atoms with E-state index >= 15 is 0 Å². The van der Waals surface area contributed by atoms with Crippen LogP contribution in [0.2, 0.25) is 5.02 Å². The molecule has 0 atom stereocenters. The van der Waals surface area contributed by atoms with E-state index in [9.17, 15) is 9.59 Å². The number of aromatic nitrogens is 2. The number of para-hydroxylation sites is 1. The van der Waals surface area contributed by atoms with Crippen molar-refractivity contribution in [2.45, 2.75) is 31.5 Å². The summed E-state index contributed by atoms with van der Waals surface area (Å²) in [4.78, 5) is 30.2. The Kier molecular flexibility index (Phi) is 6.11. The van der Waals surface area contributed by atoms with Crippen LogP contribution in [0, 0.1) is 0 Å². The Balaban J connectivity index is 1.64. The molecule has 2 heterocycles. The molecule has 0 aliphatic heterocycles. The van der Waals surface area contributed by atoms with Crippen LogP contribution in [0.3, 0.4) is 0 Å². The van der Waals surface area contributed by atoms with E-state index in [0.717, 1.165) is 18.2 Å². The third kappa shape index (κ3) is 4.22. The molecule has 30 heavy (non-hydrogen) atoms. The standard InChI is InChI=1S/C22H20ClN3O3S/c1-2-3-12-26-21(28)20-19(16-6-4-5-7-17(16)29-20)25-22(26)30-13-18(27)24-15-10-8-14(23)9-11-15/h4-11H,2-3,12-13H2,1H3,(H,24,27). The zero-order valence-corrected chi connectivity index (χ0v) is 17.9. The van der Waals surface area contributed by atoms with Gasteiger partial charge in [-0.15, -0.1) is 0 Å². The number of unbranched alkanes of at least 4 members (excludes halogenated alkanes) is 1. The van der Waals surface area contributed by atoms with Crippen molar-refractivity contribution in [3.8, 4) is 0 Å². The van der Waals surface area contributed by atoms with Crippen LogP contribution < -0.4 is 10.9 Å². The molecule has 0 radical (unpaired) electrons. The van der Waals surface area contributed by atoms with Crippen molar-refractivity contribution in [3.05, 3.63) is 63.9 Å². The predicted molar refractivity (Wildman–Crippen MR) is 121 cm³/mol. The van der Waals surface area contributed by atoms with Crippen molar-refractivity contribution >= 4 is 57.0 Å². The lowest BCUT2D eigenvalue weighted by molar-refractivity contribution is -0.113. The summed E-state index contributed by atoms with van der Waals surface area (Å²) in [5, 5.41) is 4.73. The summed E-state index contributed by atoms with van der Waals surface area (Å²) < 4.78 is 7.38. The number of carbonyl (C=O) groups excluding carboxylic acids is 1. The Bertz CT molecular complexity index is 1260. The molecule has 0 bridgehead atoms. The van der Waals surface area contributed by atoms with Gasteiger partial charge in [0.05, 0.1) is 5.75 Å². The number of furan rings is 1. The minimum absolute atomic E-state index is 0.127. The van der Waals surface area contributed by atoms with Crippen LogP contribution in [0.4, 0.5) is 5.69 Å². The van der Waals surface area contributed by atoms with Crippen molar-refractivity contribution in [1.29, 1.82) is 0 Å². The molecule has 2 aromatic carbocycles. The van der Waals surface area contributed by atoms with E-state index < -0.39 is 0 Å². The van der Waals surface area contributed by atoms with Gasteiger partial charge < -0.3 is 9.73 Å². The number of hydrogen-bond acceptors (Lipinski definition) is 5. The fraction of sp³-hybridized carbons (Fsp3) is 0.227. The molecule has 0 saturated carbocycles. The first-order valence-corrected chi connectivity index (χ1v) is 11.0. The molecule has 0 spiro atoms. The first-order chi connectivity index (χ1) is 14.6. The number of halogens is 1. The molecule has 0 aliphatic carbocycles. The Morgan fingerprint density at radius 2 is 1.97 bits per heavy atom. The number of rotatable bonds is 7. The molecule has 154 valence electrons. The third-order valence-electron chi connectivity index (χ3n) is 4.64. The van der Waals surface area contributed by atoms with Crippen molar-refractivity contribution in [2.75, 3.05) is 11.1 Å². The second-order valence-electron chi connectivity index (χ2n) is 6.82. The number of fused-ring (bicyclic) bond motifs is 3. The number of anilines is 1. The van der Waals surface area contributed by atoms with Gasteiger partial charge in [0.25, 0.3) is 5.56 Å². The molecular formula is C22H20ClN3O3S. The normalized spacial score (nSPS) is 11.3. The minimum Gasteiger partial charge on any atom is -0.448 e. The molecule has 0 aliphatic rings. The van der Waals surface area contributed by atoms with Crippen LogP contribution in [0.15, 0.2) is 62.9 Å². The highest BCUT2D eigenvalue weighted by atomic mass is 35.5. The fourth-order valence-corrected chi connectivity index (χ4v) is 4.08. The molecular weight excluding hydrogens is 422 g/mol. The van der Waals surface area contributed by atoms with Gasteiger partial charge in [0, 0.05) is 22.6 Å². The van der Waals surface area contributed by atoms with Crippen LogP contribution in [-0.2, 0) is 11.3 Å². The number of benzene rings is 2. The van der Waals surface area contributed by atoms with Crippen molar-refractivity contribution in [1.82, 2.24) is 9.55 Å². The molecule has 4 rings (SSSR count). The zero-order valence-electron chi connectivity index (χ0n) is 16.4. The summed E-state index contributed by atoms with van der Waals surface area (Å²) in [5.74, 6) is -0.0570. The maximum absolute atomic E-state index is 13.1.